The molecule has 3 fully saturated rings. The van der Waals surface area contributed by atoms with E-state index in [9.17, 15) is 19.7 Å². The fourth-order valence-corrected chi connectivity index (χ4v) is 9.66. The standard InChI is InChI=1S/C35H41NO6/c1-34-19-16-27(42-33(38)41-26-11-9-25(10-12-26)36(39)40)22-24(34)8-13-29-31-15-14-30(35(31,2)20-17-32(29)34)28(18-21-37)23-6-4-3-5-7-23/h3-12,21,27-32H,13-20,22H2,1-2H3/t27-,28+,29-,30+,31-,32-,34-,35+/m0/s1. The van der Waals surface area contributed by atoms with Crippen LogP contribution < -0.4 is 4.74 Å². The molecular formula is C35H41NO6. The Labute approximate surface area is 247 Å². The molecule has 7 nitrogen and oxygen atoms in total. The zero-order valence-electron chi connectivity index (χ0n) is 24.6. The van der Waals surface area contributed by atoms with Gasteiger partial charge in [0.15, 0.2) is 0 Å². The molecule has 0 heterocycles. The number of nitrogens with zero attached hydrogens (tertiary/aromatic N) is 1. The second-order valence-corrected chi connectivity index (χ2v) is 13.5. The number of allylic oxidation sites excluding steroid dienone is 1. The van der Waals surface area contributed by atoms with Gasteiger partial charge >= 0.3 is 6.16 Å². The van der Waals surface area contributed by atoms with Gasteiger partial charge in [-0.05, 0) is 103 Å². The van der Waals surface area contributed by atoms with Crippen LogP contribution >= 0.6 is 0 Å². The second kappa shape index (κ2) is 11.3. The largest absolute Gasteiger partial charge is 0.514 e. The van der Waals surface area contributed by atoms with Gasteiger partial charge in [-0.3, -0.25) is 10.1 Å². The molecule has 4 aliphatic carbocycles. The summed E-state index contributed by atoms with van der Waals surface area (Å²) in [7, 11) is 0. The first kappa shape index (κ1) is 28.6. The summed E-state index contributed by atoms with van der Waals surface area (Å²) in [6, 6.07) is 16.1. The molecule has 6 rings (SSSR count). The first-order chi connectivity index (χ1) is 20.2. The number of fused-ring (bicyclic) bond motifs is 5. The Morgan fingerprint density at radius 2 is 1.79 bits per heavy atom. The molecule has 2 aromatic rings. The number of nitro benzene ring substituents is 1. The summed E-state index contributed by atoms with van der Waals surface area (Å²) in [4.78, 5) is 34.7. The van der Waals surface area contributed by atoms with Crippen molar-refractivity contribution in [3.05, 3.63) is 81.9 Å². The lowest BCUT2D eigenvalue weighted by atomic mass is 9.46. The average molecular weight is 572 g/mol. The van der Waals surface area contributed by atoms with E-state index in [2.05, 4.69) is 50.3 Å². The molecular weight excluding hydrogens is 530 g/mol. The van der Waals surface area contributed by atoms with E-state index in [1.54, 1.807) is 0 Å². The number of carbonyl (C=O) groups excluding carboxylic acids is 2. The maximum absolute atomic E-state index is 12.5. The molecule has 8 atom stereocenters. The average Bonchev–Trinajstić information content (AvgIpc) is 3.33. The third-order valence-electron chi connectivity index (χ3n) is 11.7. The topological polar surface area (TPSA) is 95.7 Å². The van der Waals surface area contributed by atoms with Crippen LogP contribution in [-0.2, 0) is 9.53 Å². The van der Waals surface area contributed by atoms with Crippen molar-refractivity contribution in [3.63, 3.8) is 0 Å². The van der Waals surface area contributed by atoms with Crippen LogP contribution in [0.15, 0.2) is 66.2 Å². The van der Waals surface area contributed by atoms with E-state index in [0.717, 1.165) is 32.0 Å². The number of carbonyl (C=O) groups is 2. The molecule has 0 aromatic heterocycles. The Morgan fingerprint density at radius 1 is 1.02 bits per heavy atom. The Morgan fingerprint density at radius 3 is 2.50 bits per heavy atom. The van der Waals surface area contributed by atoms with E-state index in [-0.39, 0.29) is 28.4 Å². The first-order valence-electron chi connectivity index (χ1n) is 15.5. The number of hydrogen-bond acceptors (Lipinski definition) is 6. The summed E-state index contributed by atoms with van der Waals surface area (Å²) >= 11 is 0. The zero-order valence-corrected chi connectivity index (χ0v) is 24.6. The van der Waals surface area contributed by atoms with Crippen LogP contribution in [0.4, 0.5) is 10.5 Å². The Balaban J connectivity index is 1.13. The van der Waals surface area contributed by atoms with E-state index in [4.69, 9.17) is 9.47 Å². The number of non-ortho nitro benzene ring substituents is 1. The quantitative estimate of drug-likeness (QED) is 0.0826. The highest BCUT2D eigenvalue weighted by Gasteiger charge is 2.59. The van der Waals surface area contributed by atoms with E-state index in [0.29, 0.717) is 36.0 Å². The van der Waals surface area contributed by atoms with Gasteiger partial charge in [-0.25, -0.2) is 4.79 Å². The molecule has 42 heavy (non-hydrogen) atoms. The second-order valence-electron chi connectivity index (χ2n) is 13.5. The van der Waals surface area contributed by atoms with Crippen molar-refractivity contribution < 1.29 is 24.0 Å². The van der Waals surface area contributed by atoms with Crippen molar-refractivity contribution in [2.75, 3.05) is 0 Å². The van der Waals surface area contributed by atoms with Crippen LogP contribution in [0.5, 0.6) is 5.75 Å². The normalized spacial score (nSPS) is 34.1. The van der Waals surface area contributed by atoms with Gasteiger partial charge in [-0.15, -0.1) is 0 Å². The summed E-state index contributed by atoms with van der Waals surface area (Å²) in [5.41, 5.74) is 3.03. The Kier molecular flexibility index (Phi) is 7.71. The number of rotatable bonds is 7. The van der Waals surface area contributed by atoms with Crippen LogP contribution in [0.3, 0.4) is 0 Å². The molecule has 4 aliphatic rings. The van der Waals surface area contributed by atoms with Gasteiger partial charge in [0.1, 0.15) is 18.1 Å². The smallest absolute Gasteiger partial charge is 0.430 e. The number of ether oxygens (including phenoxy) is 2. The molecule has 0 saturated heterocycles. The fourth-order valence-electron chi connectivity index (χ4n) is 9.66. The van der Waals surface area contributed by atoms with Crippen LogP contribution in [0.25, 0.3) is 0 Å². The maximum Gasteiger partial charge on any atom is 0.514 e. The van der Waals surface area contributed by atoms with Gasteiger partial charge in [0.2, 0.25) is 0 Å². The molecule has 0 spiro atoms. The first-order valence-corrected chi connectivity index (χ1v) is 15.5. The monoisotopic (exact) mass is 571 g/mol. The van der Waals surface area contributed by atoms with E-state index in [1.807, 2.05) is 0 Å². The molecule has 0 unspecified atom stereocenters. The molecule has 0 N–H and O–H groups in total. The summed E-state index contributed by atoms with van der Waals surface area (Å²) < 4.78 is 11.0. The van der Waals surface area contributed by atoms with Gasteiger partial charge < -0.3 is 14.3 Å². The SMILES string of the molecule is C[C@]12CC[C@H]3[C@@H](CC=C4C[C@@H](OC(=O)Oc5ccc([N+](=O)[O-])cc5)CC[C@@]43C)[C@@H]1CC[C@@H]2[C@H](CC=O)c1ccccc1. The van der Waals surface area contributed by atoms with Crippen molar-refractivity contribution in [1.82, 2.24) is 0 Å². The van der Waals surface area contributed by atoms with Crippen LogP contribution in [0.1, 0.15) is 83.1 Å². The number of hydrogen-bond donors (Lipinski definition) is 0. The number of benzene rings is 2. The summed E-state index contributed by atoms with van der Waals surface area (Å²) in [5, 5.41) is 10.9. The fraction of sp³-hybridized carbons (Fsp3) is 0.543. The third kappa shape index (κ3) is 5.05. The highest BCUT2D eigenvalue weighted by molar-refractivity contribution is 5.64. The zero-order chi connectivity index (χ0) is 29.5. The molecule has 0 radical (unpaired) electrons. The molecule has 3 saturated carbocycles. The third-order valence-corrected chi connectivity index (χ3v) is 11.7. The van der Waals surface area contributed by atoms with Gasteiger partial charge in [0.25, 0.3) is 5.69 Å². The highest BCUT2D eigenvalue weighted by atomic mass is 16.7. The van der Waals surface area contributed by atoms with Crippen LogP contribution in [0.2, 0.25) is 0 Å². The minimum Gasteiger partial charge on any atom is -0.430 e. The highest BCUT2D eigenvalue weighted by Crippen LogP contribution is 2.68. The molecule has 0 amide bonds. The predicted octanol–water partition coefficient (Wildman–Crippen LogP) is 8.43. The molecule has 7 heteroatoms. The van der Waals surface area contributed by atoms with Crippen molar-refractivity contribution >= 4 is 18.1 Å². The lowest BCUT2D eigenvalue weighted by molar-refractivity contribution is -0.384. The minimum absolute atomic E-state index is 0.0575. The minimum atomic E-state index is -0.763. The van der Waals surface area contributed by atoms with E-state index in [1.165, 1.54) is 61.1 Å². The lowest BCUT2D eigenvalue weighted by Gasteiger charge is -2.58. The van der Waals surface area contributed by atoms with Crippen molar-refractivity contribution in [2.45, 2.75) is 83.7 Å². The maximum atomic E-state index is 12.5. The molecule has 0 bridgehead atoms. The summed E-state index contributed by atoms with van der Waals surface area (Å²) in [5.74, 6) is 3.00. The van der Waals surface area contributed by atoms with Gasteiger partial charge in [0, 0.05) is 25.0 Å². The van der Waals surface area contributed by atoms with Crippen LogP contribution in [-0.4, -0.2) is 23.5 Å². The van der Waals surface area contributed by atoms with E-state index < -0.39 is 11.1 Å². The number of nitro groups is 1. The molecule has 0 aliphatic heterocycles. The van der Waals surface area contributed by atoms with Gasteiger partial charge in [-0.1, -0.05) is 55.8 Å². The van der Waals surface area contributed by atoms with Gasteiger partial charge in [0.05, 0.1) is 4.92 Å². The summed E-state index contributed by atoms with van der Waals surface area (Å²) in [6.45, 7) is 4.96. The Hall–Kier alpha value is -3.48. The number of aldehydes is 1. The van der Waals surface area contributed by atoms with Crippen LogP contribution in [0, 0.1) is 44.6 Å². The van der Waals surface area contributed by atoms with Gasteiger partial charge in [-0.2, -0.15) is 0 Å². The molecule has 2 aromatic carbocycles. The van der Waals surface area contributed by atoms with Crippen molar-refractivity contribution in [1.29, 1.82) is 0 Å². The lowest BCUT2D eigenvalue weighted by Crippen LogP contribution is -2.51. The molecule has 222 valence electrons. The van der Waals surface area contributed by atoms with E-state index >= 15 is 0 Å². The summed E-state index contributed by atoms with van der Waals surface area (Å²) in [6.07, 6.45) is 11.6. The van der Waals surface area contributed by atoms with Crippen molar-refractivity contribution in [2.24, 2.45) is 34.5 Å². The van der Waals surface area contributed by atoms with Crippen molar-refractivity contribution in [3.8, 4) is 5.75 Å². The Bertz CT molecular complexity index is 1360. The predicted molar refractivity (Wildman–Crippen MR) is 159 cm³/mol.